The number of benzene rings is 1. The van der Waals surface area contributed by atoms with Crippen molar-refractivity contribution in [2.24, 2.45) is 0 Å². The van der Waals surface area contributed by atoms with E-state index < -0.39 is 0 Å². The molecule has 0 aliphatic rings. The Morgan fingerprint density at radius 1 is 1.50 bits per heavy atom. The van der Waals surface area contributed by atoms with Crippen LogP contribution < -0.4 is 5.32 Å². The van der Waals surface area contributed by atoms with Gasteiger partial charge in [-0.3, -0.25) is 0 Å². The first-order valence-electron chi connectivity index (χ1n) is 5.66. The van der Waals surface area contributed by atoms with E-state index in [0.29, 0.717) is 10.9 Å². The van der Waals surface area contributed by atoms with Crippen LogP contribution in [0.4, 0.5) is 4.39 Å². The molecule has 0 amide bonds. The molecule has 0 aliphatic carbocycles. The van der Waals surface area contributed by atoms with E-state index in [1.54, 1.807) is 12.3 Å². The second-order valence-corrected chi connectivity index (χ2v) is 5.21. The van der Waals surface area contributed by atoms with Crippen LogP contribution in [0.2, 0.25) is 0 Å². The van der Waals surface area contributed by atoms with Gasteiger partial charge in [-0.2, -0.15) is 8.75 Å². The molecule has 3 nitrogen and oxygen atoms in total. The van der Waals surface area contributed by atoms with Crippen molar-refractivity contribution in [2.45, 2.75) is 19.4 Å². The van der Waals surface area contributed by atoms with Gasteiger partial charge in [-0.15, -0.1) is 0 Å². The molecule has 0 radical (unpaired) electrons. The molecule has 2 rings (SSSR count). The zero-order valence-electron chi connectivity index (χ0n) is 9.86. The van der Waals surface area contributed by atoms with Crippen molar-refractivity contribution in [3.05, 3.63) is 45.9 Å². The summed E-state index contributed by atoms with van der Waals surface area (Å²) < 4.78 is 22.2. The molecular formula is C12H13BrFN3S. The summed E-state index contributed by atoms with van der Waals surface area (Å²) in [5, 5.41) is 3.34. The first-order valence-corrected chi connectivity index (χ1v) is 7.18. The van der Waals surface area contributed by atoms with Crippen molar-refractivity contribution in [3.8, 4) is 0 Å². The Morgan fingerprint density at radius 2 is 2.33 bits per heavy atom. The summed E-state index contributed by atoms with van der Waals surface area (Å²) >= 11 is 4.47. The molecule has 96 valence electrons. The molecule has 0 fully saturated rings. The van der Waals surface area contributed by atoms with Crippen molar-refractivity contribution in [1.82, 2.24) is 14.1 Å². The van der Waals surface area contributed by atoms with Crippen molar-refractivity contribution < 1.29 is 4.39 Å². The standard InChI is InChI=1S/C12H13BrFN3S/c1-2-15-10(11-7-16-18-17-11)6-8-4-3-5-9(14)12(8)13/h3-5,7,10,15H,2,6H2,1H3. The second kappa shape index (κ2) is 6.36. The van der Waals surface area contributed by atoms with Crippen LogP contribution in [0.3, 0.4) is 0 Å². The minimum Gasteiger partial charge on any atom is -0.309 e. The van der Waals surface area contributed by atoms with Gasteiger partial charge in [0.15, 0.2) is 0 Å². The van der Waals surface area contributed by atoms with Gasteiger partial charge >= 0.3 is 0 Å². The molecular weight excluding hydrogens is 317 g/mol. The van der Waals surface area contributed by atoms with E-state index in [4.69, 9.17) is 0 Å². The largest absolute Gasteiger partial charge is 0.309 e. The number of nitrogens with zero attached hydrogens (tertiary/aromatic N) is 2. The van der Waals surface area contributed by atoms with Gasteiger partial charge < -0.3 is 5.32 Å². The summed E-state index contributed by atoms with van der Waals surface area (Å²) in [5.74, 6) is -0.237. The summed E-state index contributed by atoms with van der Waals surface area (Å²) in [6.45, 7) is 2.86. The lowest BCUT2D eigenvalue weighted by Gasteiger charge is -2.16. The average Bonchev–Trinajstić information content (AvgIpc) is 2.88. The number of halogens is 2. The van der Waals surface area contributed by atoms with Gasteiger partial charge in [0.1, 0.15) is 5.82 Å². The fraction of sp³-hybridized carbons (Fsp3) is 0.333. The molecule has 1 N–H and O–H groups in total. The Kier molecular flexibility index (Phi) is 4.79. The maximum atomic E-state index is 13.5. The molecule has 1 heterocycles. The number of likely N-dealkylation sites (N-methyl/N-ethyl adjacent to an activating group) is 1. The summed E-state index contributed by atoms with van der Waals surface area (Å²) in [5.41, 5.74) is 1.83. The minimum absolute atomic E-state index is 0.0619. The third kappa shape index (κ3) is 3.13. The maximum absolute atomic E-state index is 13.5. The van der Waals surface area contributed by atoms with E-state index in [1.165, 1.54) is 17.8 Å². The van der Waals surface area contributed by atoms with Crippen LogP contribution in [0.1, 0.15) is 24.2 Å². The summed E-state index contributed by atoms with van der Waals surface area (Å²) in [4.78, 5) is 0. The molecule has 1 atom stereocenters. The average molecular weight is 330 g/mol. The van der Waals surface area contributed by atoms with Gasteiger partial charge in [0.25, 0.3) is 0 Å². The van der Waals surface area contributed by atoms with E-state index in [1.807, 2.05) is 13.0 Å². The molecule has 0 spiro atoms. The Morgan fingerprint density at radius 3 is 3.00 bits per heavy atom. The highest BCUT2D eigenvalue weighted by molar-refractivity contribution is 9.10. The lowest BCUT2D eigenvalue weighted by Crippen LogP contribution is -2.23. The van der Waals surface area contributed by atoms with Gasteiger partial charge in [0.2, 0.25) is 0 Å². The SMILES string of the molecule is CCNC(Cc1cccc(F)c1Br)c1cnsn1. The predicted molar refractivity (Wildman–Crippen MR) is 74.1 cm³/mol. The molecule has 0 bridgehead atoms. The predicted octanol–water partition coefficient (Wildman–Crippen LogP) is 3.33. The van der Waals surface area contributed by atoms with Crippen molar-refractivity contribution in [3.63, 3.8) is 0 Å². The molecule has 2 aromatic rings. The lowest BCUT2D eigenvalue weighted by atomic mass is 10.0. The molecule has 18 heavy (non-hydrogen) atoms. The van der Waals surface area contributed by atoms with Gasteiger partial charge in [-0.1, -0.05) is 19.1 Å². The van der Waals surface area contributed by atoms with Gasteiger partial charge in [0.05, 0.1) is 34.1 Å². The van der Waals surface area contributed by atoms with Crippen molar-refractivity contribution >= 4 is 27.7 Å². The lowest BCUT2D eigenvalue weighted by molar-refractivity contribution is 0.536. The fourth-order valence-electron chi connectivity index (χ4n) is 1.78. The number of aromatic nitrogens is 2. The van der Waals surface area contributed by atoms with E-state index in [-0.39, 0.29) is 11.9 Å². The molecule has 0 saturated carbocycles. The van der Waals surface area contributed by atoms with E-state index in [2.05, 4.69) is 30.0 Å². The van der Waals surface area contributed by atoms with Crippen molar-refractivity contribution in [2.75, 3.05) is 6.54 Å². The third-order valence-electron chi connectivity index (χ3n) is 2.64. The van der Waals surface area contributed by atoms with Crippen LogP contribution in [-0.4, -0.2) is 15.3 Å². The number of nitrogens with one attached hydrogen (secondary N) is 1. The normalized spacial score (nSPS) is 12.6. The number of rotatable bonds is 5. The summed E-state index contributed by atoms with van der Waals surface area (Å²) in [6, 6.07) is 5.14. The van der Waals surface area contributed by atoms with Gasteiger partial charge in [-0.05, 0) is 40.5 Å². The summed E-state index contributed by atoms with van der Waals surface area (Å²) in [7, 11) is 0. The van der Waals surface area contributed by atoms with Crippen LogP contribution >= 0.6 is 27.7 Å². The topological polar surface area (TPSA) is 37.8 Å². The monoisotopic (exact) mass is 329 g/mol. The zero-order chi connectivity index (χ0) is 13.0. The first-order chi connectivity index (χ1) is 8.72. The fourth-order valence-corrected chi connectivity index (χ4v) is 2.68. The van der Waals surface area contributed by atoms with E-state index in [9.17, 15) is 4.39 Å². The Bertz CT molecular complexity index is 504. The van der Waals surface area contributed by atoms with E-state index in [0.717, 1.165) is 17.8 Å². The molecule has 1 unspecified atom stereocenters. The minimum atomic E-state index is -0.237. The van der Waals surface area contributed by atoms with Crippen LogP contribution in [0.15, 0.2) is 28.9 Å². The Balaban J connectivity index is 2.21. The highest BCUT2D eigenvalue weighted by Gasteiger charge is 2.16. The second-order valence-electron chi connectivity index (χ2n) is 3.86. The number of hydrogen-bond acceptors (Lipinski definition) is 4. The molecule has 6 heteroatoms. The quantitative estimate of drug-likeness (QED) is 0.914. The van der Waals surface area contributed by atoms with Gasteiger partial charge in [-0.25, -0.2) is 4.39 Å². The highest BCUT2D eigenvalue weighted by atomic mass is 79.9. The van der Waals surface area contributed by atoms with Gasteiger partial charge in [0, 0.05) is 0 Å². The molecule has 1 aromatic carbocycles. The number of hydrogen-bond donors (Lipinski definition) is 1. The Hall–Kier alpha value is -0.850. The Labute approximate surface area is 118 Å². The summed E-state index contributed by atoms with van der Waals surface area (Å²) in [6.07, 6.45) is 2.43. The zero-order valence-corrected chi connectivity index (χ0v) is 12.3. The van der Waals surface area contributed by atoms with Crippen molar-refractivity contribution in [1.29, 1.82) is 0 Å². The maximum Gasteiger partial charge on any atom is 0.137 e. The smallest absolute Gasteiger partial charge is 0.137 e. The first kappa shape index (κ1) is 13.6. The third-order valence-corrected chi connectivity index (χ3v) is 4.02. The van der Waals surface area contributed by atoms with Crippen LogP contribution in [0.5, 0.6) is 0 Å². The highest BCUT2D eigenvalue weighted by Crippen LogP contribution is 2.25. The molecule has 0 saturated heterocycles. The van der Waals surface area contributed by atoms with Crippen LogP contribution in [0.25, 0.3) is 0 Å². The van der Waals surface area contributed by atoms with Crippen LogP contribution in [0, 0.1) is 5.82 Å². The van der Waals surface area contributed by atoms with E-state index >= 15 is 0 Å². The molecule has 0 aliphatic heterocycles. The van der Waals surface area contributed by atoms with Crippen LogP contribution in [-0.2, 0) is 6.42 Å². The molecule has 1 aromatic heterocycles.